The number of carbonyl (C=O) groups excluding carboxylic acids is 1. The van der Waals surface area contributed by atoms with Crippen LogP contribution in [-0.2, 0) is 11.3 Å². The number of nitrogens with one attached hydrogen (secondary N) is 1. The summed E-state index contributed by atoms with van der Waals surface area (Å²) in [5.74, 6) is 0. The Morgan fingerprint density at radius 1 is 1.35 bits per heavy atom. The summed E-state index contributed by atoms with van der Waals surface area (Å²) in [5, 5.41) is 4.03. The van der Waals surface area contributed by atoms with E-state index in [1.165, 1.54) is 0 Å². The number of rotatable bonds is 6. The van der Waals surface area contributed by atoms with E-state index < -0.39 is 0 Å². The third-order valence-electron chi connectivity index (χ3n) is 3.68. The Kier molecular flexibility index (Phi) is 5.85. The number of unbranched alkanes of at least 4 members (excludes halogenated alkanes) is 1. The maximum Gasteiger partial charge on any atom is 0.140 e. The molecule has 2 rings (SSSR count). The third-order valence-corrected chi connectivity index (χ3v) is 4.32. The van der Waals surface area contributed by atoms with Gasteiger partial charge in [0.2, 0.25) is 0 Å². The fourth-order valence-corrected chi connectivity index (χ4v) is 3.04. The van der Waals surface area contributed by atoms with Crippen LogP contribution in [0.15, 0.2) is 24.3 Å². The molecule has 0 aromatic heterocycles. The number of hydrogen-bond acceptors (Lipinski definition) is 3. The first kappa shape index (κ1) is 15.8. The largest absolute Gasteiger partial charge is 0.302 e. The topological polar surface area (TPSA) is 32.3 Å². The monoisotopic (exact) mass is 314 g/mol. The van der Waals surface area contributed by atoms with Crippen LogP contribution in [0.1, 0.15) is 31.7 Å². The van der Waals surface area contributed by atoms with Gasteiger partial charge in [-0.05, 0) is 24.1 Å². The summed E-state index contributed by atoms with van der Waals surface area (Å²) in [6, 6.07) is 7.44. The fraction of sp³-hybridized carbons (Fsp3) is 0.533. The fourth-order valence-electron chi connectivity index (χ4n) is 2.56. The number of nitrogens with zero attached hydrogens (tertiary/aromatic N) is 1. The van der Waals surface area contributed by atoms with Crippen molar-refractivity contribution in [2.45, 2.75) is 50.4 Å². The lowest BCUT2D eigenvalue weighted by Crippen LogP contribution is -2.39. The van der Waals surface area contributed by atoms with Gasteiger partial charge in [0.1, 0.15) is 11.8 Å². The number of benzene rings is 1. The first-order valence-corrected chi connectivity index (χ1v) is 7.82. The summed E-state index contributed by atoms with van der Waals surface area (Å²) in [4.78, 5) is 13.4. The lowest BCUT2D eigenvalue weighted by molar-refractivity contribution is -0.112. The van der Waals surface area contributed by atoms with Gasteiger partial charge in [-0.15, -0.1) is 11.6 Å². The van der Waals surface area contributed by atoms with Crippen molar-refractivity contribution in [3.8, 4) is 0 Å². The SMILES string of the molecule is CCCCC1NC(Cl)C(C=O)N1Cc1ccc(Cl)cc1. The first-order chi connectivity index (χ1) is 9.65. The molecule has 1 aromatic rings. The maximum absolute atomic E-state index is 11.3. The summed E-state index contributed by atoms with van der Waals surface area (Å²) in [6.07, 6.45) is 4.34. The zero-order valence-electron chi connectivity index (χ0n) is 11.6. The highest BCUT2D eigenvalue weighted by Crippen LogP contribution is 2.25. The molecule has 1 aromatic carbocycles. The average molecular weight is 315 g/mol. The number of carbonyl (C=O) groups is 1. The molecule has 0 amide bonds. The van der Waals surface area contributed by atoms with Gasteiger partial charge in [0, 0.05) is 11.6 Å². The van der Waals surface area contributed by atoms with E-state index in [9.17, 15) is 4.79 Å². The minimum Gasteiger partial charge on any atom is -0.302 e. The normalized spacial score (nSPS) is 26.9. The molecule has 3 nitrogen and oxygen atoms in total. The van der Waals surface area contributed by atoms with E-state index in [4.69, 9.17) is 23.2 Å². The first-order valence-electron chi connectivity index (χ1n) is 7.01. The van der Waals surface area contributed by atoms with E-state index in [2.05, 4.69) is 17.1 Å². The van der Waals surface area contributed by atoms with E-state index in [0.29, 0.717) is 6.54 Å². The second-order valence-electron chi connectivity index (χ2n) is 5.15. The highest BCUT2D eigenvalue weighted by molar-refractivity contribution is 6.30. The second kappa shape index (κ2) is 7.41. The summed E-state index contributed by atoms with van der Waals surface area (Å²) < 4.78 is 0. The average Bonchev–Trinajstić information content (AvgIpc) is 2.74. The standard InChI is InChI=1S/C15H20Cl2N2O/c1-2-3-4-14-18-15(17)13(10-20)19(14)9-11-5-7-12(16)8-6-11/h5-8,10,13-15,18H,2-4,9H2,1H3. The van der Waals surface area contributed by atoms with Crippen molar-refractivity contribution in [2.75, 3.05) is 0 Å². The van der Waals surface area contributed by atoms with E-state index in [1.54, 1.807) is 0 Å². The molecule has 1 fully saturated rings. The van der Waals surface area contributed by atoms with Crippen LogP contribution in [0, 0.1) is 0 Å². The zero-order chi connectivity index (χ0) is 14.5. The predicted octanol–water partition coefficient (Wildman–Crippen LogP) is 3.39. The molecule has 1 saturated heterocycles. The Balaban J connectivity index is 2.10. The van der Waals surface area contributed by atoms with Crippen molar-refractivity contribution in [2.24, 2.45) is 0 Å². The van der Waals surface area contributed by atoms with Crippen LogP contribution in [0.25, 0.3) is 0 Å². The van der Waals surface area contributed by atoms with Crippen molar-refractivity contribution in [1.29, 1.82) is 0 Å². The molecule has 3 unspecified atom stereocenters. The Bertz CT molecular complexity index is 438. The highest BCUT2D eigenvalue weighted by Gasteiger charge is 2.38. The summed E-state index contributed by atoms with van der Waals surface area (Å²) in [5.41, 5.74) is 0.817. The van der Waals surface area contributed by atoms with Gasteiger partial charge in [0.05, 0.1) is 12.2 Å². The van der Waals surface area contributed by atoms with Gasteiger partial charge >= 0.3 is 0 Å². The van der Waals surface area contributed by atoms with E-state index in [-0.39, 0.29) is 17.7 Å². The molecule has 0 aliphatic carbocycles. The minimum atomic E-state index is -0.318. The van der Waals surface area contributed by atoms with Crippen molar-refractivity contribution in [1.82, 2.24) is 10.2 Å². The van der Waals surface area contributed by atoms with Gasteiger partial charge in [-0.1, -0.05) is 43.5 Å². The number of hydrogen-bond donors (Lipinski definition) is 1. The van der Waals surface area contributed by atoms with Crippen LogP contribution in [-0.4, -0.2) is 28.9 Å². The van der Waals surface area contributed by atoms with Gasteiger partial charge in [-0.3, -0.25) is 10.2 Å². The van der Waals surface area contributed by atoms with Gasteiger partial charge < -0.3 is 4.79 Å². The van der Waals surface area contributed by atoms with Crippen molar-refractivity contribution in [3.63, 3.8) is 0 Å². The van der Waals surface area contributed by atoms with Crippen LogP contribution in [0.2, 0.25) is 5.02 Å². The smallest absolute Gasteiger partial charge is 0.140 e. The van der Waals surface area contributed by atoms with Crippen molar-refractivity contribution >= 4 is 29.5 Å². The number of halogens is 2. The Morgan fingerprint density at radius 2 is 2.05 bits per heavy atom. The molecule has 20 heavy (non-hydrogen) atoms. The molecule has 3 atom stereocenters. The van der Waals surface area contributed by atoms with Crippen LogP contribution >= 0.6 is 23.2 Å². The van der Waals surface area contributed by atoms with Crippen LogP contribution < -0.4 is 5.32 Å². The number of aldehydes is 1. The molecule has 0 saturated carbocycles. The maximum atomic E-state index is 11.3. The summed E-state index contributed by atoms with van der Waals surface area (Å²) >= 11 is 12.1. The molecule has 5 heteroatoms. The summed E-state index contributed by atoms with van der Waals surface area (Å²) in [7, 11) is 0. The van der Waals surface area contributed by atoms with Gasteiger partial charge in [0.15, 0.2) is 0 Å². The molecule has 1 aliphatic rings. The molecule has 1 aliphatic heterocycles. The minimum absolute atomic E-state index is 0.156. The molecular formula is C15H20Cl2N2O. The molecule has 1 N–H and O–H groups in total. The third kappa shape index (κ3) is 3.73. The quantitative estimate of drug-likeness (QED) is 0.496. The lowest BCUT2D eigenvalue weighted by atomic mass is 10.1. The molecule has 0 radical (unpaired) electrons. The molecule has 0 bridgehead atoms. The van der Waals surface area contributed by atoms with Gasteiger partial charge in [-0.2, -0.15) is 0 Å². The van der Waals surface area contributed by atoms with E-state index in [1.807, 2.05) is 24.3 Å². The molecule has 110 valence electrons. The molecule has 1 heterocycles. The van der Waals surface area contributed by atoms with Gasteiger partial charge in [0.25, 0.3) is 0 Å². The van der Waals surface area contributed by atoms with E-state index in [0.717, 1.165) is 36.1 Å². The predicted molar refractivity (Wildman–Crippen MR) is 82.9 cm³/mol. The molecular weight excluding hydrogens is 295 g/mol. The highest BCUT2D eigenvalue weighted by atomic mass is 35.5. The van der Waals surface area contributed by atoms with Crippen LogP contribution in [0.4, 0.5) is 0 Å². The Labute approximate surface area is 130 Å². The van der Waals surface area contributed by atoms with Crippen molar-refractivity contribution in [3.05, 3.63) is 34.9 Å². The van der Waals surface area contributed by atoms with Crippen LogP contribution in [0.3, 0.4) is 0 Å². The lowest BCUT2D eigenvalue weighted by Gasteiger charge is -2.26. The second-order valence-corrected chi connectivity index (χ2v) is 6.06. The van der Waals surface area contributed by atoms with E-state index >= 15 is 0 Å². The Morgan fingerprint density at radius 3 is 2.65 bits per heavy atom. The Hall–Kier alpha value is -0.610. The molecule has 0 spiro atoms. The van der Waals surface area contributed by atoms with Gasteiger partial charge in [-0.25, -0.2) is 0 Å². The summed E-state index contributed by atoms with van der Waals surface area (Å²) in [6.45, 7) is 2.86. The van der Waals surface area contributed by atoms with Crippen LogP contribution in [0.5, 0.6) is 0 Å². The zero-order valence-corrected chi connectivity index (χ0v) is 13.1. The van der Waals surface area contributed by atoms with Crippen molar-refractivity contribution < 1.29 is 4.79 Å². The number of alkyl halides is 1.